The van der Waals surface area contributed by atoms with Gasteiger partial charge in [-0.2, -0.15) is 0 Å². The van der Waals surface area contributed by atoms with Crippen molar-refractivity contribution in [2.24, 2.45) is 0 Å². The number of nitro groups is 2. The largest absolute Gasteiger partial charge is 0.545 e. The van der Waals surface area contributed by atoms with Gasteiger partial charge in [0, 0.05) is 18.2 Å². The first kappa shape index (κ1) is 17.5. The molecule has 0 amide bonds. The fraction of sp³-hybridized carbons (Fsp3) is 0.0667. The lowest BCUT2D eigenvalue weighted by molar-refractivity contribution is -0.385. The van der Waals surface area contributed by atoms with Gasteiger partial charge in [0.2, 0.25) is 0 Å². The van der Waals surface area contributed by atoms with Crippen LogP contribution in [-0.2, 0) is 11.3 Å². The van der Waals surface area contributed by atoms with E-state index in [9.17, 15) is 34.9 Å². The van der Waals surface area contributed by atoms with Crippen LogP contribution in [0.2, 0.25) is 0 Å². The molecule has 10 nitrogen and oxygen atoms in total. The molecule has 0 atom stereocenters. The molecule has 2 aromatic rings. The van der Waals surface area contributed by atoms with Crippen molar-refractivity contribution in [3.05, 3.63) is 79.4 Å². The molecule has 0 bridgehead atoms. The summed E-state index contributed by atoms with van der Waals surface area (Å²) in [4.78, 5) is 43.1. The number of carbonyl (C=O) groups excluding carboxylic acids is 2. The average molecular weight is 345 g/mol. The summed E-state index contributed by atoms with van der Waals surface area (Å²) >= 11 is 0. The number of nitro benzene ring substituents is 2. The third kappa shape index (κ3) is 3.93. The predicted octanol–water partition coefficient (Wildman–Crippen LogP) is 1.22. The normalized spacial score (nSPS) is 10.1. The number of carbonyl (C=O) groups is 2. The second-order valence-electron chi connectivity index (χ2n) is 4.74. The van der Waals surface area contributed by atoms with Crippen LogP contribution in [0.15, 0.2) is 42.5 Å². The molecule has 0 aromatic heterocycles. The summed E-state index contributed by atoms with van der Waals surface area (Å²) in [6, 6.07) is 8.28. The maximum Gasteiger partial charge on any atom is 0.339 e. The Morgan fingerprint density at radius 3 is 2.12 bits per heavy atom. The van der Waals surface area contributed by atoms with Crippen molar-refractivity contribution in [2.75, 3.05) is 0 Å². The molecule has 0 saturated heterocycles. The third-order valence-electron chi connectivity index (χ3n) is 3.18. The lowest BCUT2D eigenvalue weighted by Crippen LogP contribution is -2.26. The number of carboxylic acids is 1. The molecule has 0 aliphatic rings. The molecule has 0 aliphatic carbocycles. The van der Waals surface area contributed by atoms with Crippen LogP contribution in [0, 0.1) is 20.2 Å². The van der Waals surface area contributed by atoms with Gasteiger partial charge in [-0.15, -0.1) is 0 Å². The van der Waals surface area contributed by atoms with Gasteiger partial charge in [-0.1, -0.05) is 6.07 Å². The number of hydrogen-bond acceptors (Lipinski definition) is 8. The first-order chi connectivity index (χ1) is 11.8. The lowest BCUT2D eigenvalue weighted by Gasteiger charge is -2.10. The number of aromatic carboxylic acids is 1. The van der Waals surface area contributed by atoms with Gasteiger partial charge in [0.25, 0.3) is 11.4 Å². The van der Waals surface area contributed by atoms with Gasteiger partial charge in [-0.05, 0) is 23.8 Å². The zero-order valence-electron chi connectivity index (χ0n) is 12.4. The van der Waals surface area contributed by atoms with Gasteiger partial charge in [-0.3, -0.25) is 20.2 Å². The number of non-ortho nitro benzene ring substituents is 1. The predicted molar refractivity (Wildman–Crippen MR) is 79.6 cm³/mol. The van der Waals surface area contributed by atoms with E-state index in [1.54, 1.807) is 0 Å². The van der Waals surface area contributed by atoms with Crippen LogP contribution in [-0.4, -0.2) is 21.8 Å². The molecular weight excluding hydrogens is 336 g/mol. The van der Waals surface area contributed by atoms with Crippen molar-refractivity contribution in [2.45, 2.75) is 6.61 Å². The Morgan fingerprint density at radius 1 is 0.960 bits per heavy atom. The zero-order valence-corrected chi connectivity index (χ0v) is 12.4. The van der Waals surface area contributed by atoms with E-state index in [1.165, 1.54) is 24.3 Å². The highest BCUT2D eigenvalue weighted by molar-refractivity contribution is 6.04. The van der Waals surface area contributed by atoms with Crippen LogP contribution < -0.4 is 5.11 Å². The molecule has 0 unspecified atom stereocenters. The SMILES string of the molecule is O=C(OCc1ccc([N+](=O)[O-])cc1)c1cccc([N+](=O)[O-])c1C(=O)[O-]. The smallest absolute Gasteiger partial charge is 0.339 e. The van der Waals surface area contributed by atoms with Gasteiger partial charge in [0.1, 0.15) is 6.61 Å². The zero-order chi connectivity index (χ0) is 18.6. The molecule has 0 N–H and O–H groups in total. The first-order valence-electron chi connectivity index (χ1n) is 6.70. The number of esters is 1. The molecule has 0 fully saturated rings. The topological polar surface area (TPSA) is 153 Å². The standard InChI is InChI=1S/C15H10N2O8/c18-14(19)13-11(2-1-3-12(13)17(23)24)15(20)25-8-9-4-6-10(7-5-9)16(21)22/h1-7H,8H2,(H,18,19)/p-1. The minimum Gasteiger partial charge on any atom is -0.545 e. The Balaban J connectivity index is 2.21. The van der Waals surface area contributed by atoms with Crippen LogP contribution in [0.1, 0.15) is 26.3 Å². The average Bonchev–Trinajstić information content (AvgIpc) is 2.59. The summed E-state index contributed by atoms with van der Waals surface area (Å²) in [5, 5.41) is 32.6. The Bertz CT molecular complexity index is 860. The van der Waals surface area contributed by atoms with Crippen LogP contribution >= 0.6 is 0 Å². The number of ether oxygens (including phenoxy) is 1. The Labute approximate surface area is 139 Å². The second-order valence-corrected chi connectivity index (χ2v) is 4.74. The maximum atomic E-state index is 12.0. The van der Waals surface area contributed by atoms with Crippen LogP contribution in [0.4, 0.5) is 11.4 Å². The number of rotatable bonds is 6. The fourth-order valence-corrected chi connectivity index (χ4v) is 2.02. The van der Waals surface area contributed by atoms with Crippen molar-refractivity contribution in [3.8, 4) is 0 Å². The highest BCUT2D eigenvalue weighted by atomic mass is 16.6. The van der Waals surface area contributed by atoms with Gasteiger partial charge in [0.15, 0.2) is 0 Å². The van der Waals surface area contributed by atoms with Crippen molar-refractivity contribution in [3.63, 3.8) is 0 Å². The van der Waals surface area contributed by atoms with Crippen molar-refractivity contribution in [1.29, 1.82) is 0 Å². The lowest BCUT2D eigenvalue weighted by atomic mass is 10.1. The van der Waals surface area contributed by atoms with E-state index in [4.69, 9.17) is 4.74 Å². The van der Waals surface area contributed by atoms with E-state index >= 15 is 0 Å². The van der Waals surface area contributed by atoms with Crippen molar-refractivity contribution in [1.82, 2.24) is 0 Å². The number of carboxylic acid groups (broad SMARTS) is 1. The maximum absolute atomic E-state index is 12.0. The molecule has 0 radical (unpaired) electrons. The van der Waals surface area contributed by atoms with E-state index in [1.807, 2.05) is 0 Å². The summed E-state index contributed by atoms with van der Waals surface area (Å²) in [5.41, 5.74) is -1.91. The summed E-state index contributed by atoms with van der Waals surface area (Å²) in [6.45, 7) is -0.300. The number of benzene rings is 2. The quantitative estimate of drug-likeness (QED) is 0.430. The van der Waals surface area contributed by atoms with E-state index in [0.717, 1.165) is 18.2 Å². The molecule has 2 aromatic carbocycles. The Hall–Kier alpha value is -3.82. The van der Waals surface area contributed by atoms with E-state index in [0.29, 0.717) is 5.56 Å². The highest BCUT2D eigenvalue weighted by Crippen LogP contribution is 2.23. The molecule has 25 heavy (non-hydrogen) atoms. The molecule has 2 rings (SSSR count). The van der Waals surface area contributed by atoms with E-state index in [-0.39, 0.29) is 12.3 Å². The Kier molecular flexibility index (Phi) is 5.03. The summed E-state index contributed by atoms with van der Waals surface area (Å²) < 4.78 is 4.92. The second kappa shape index (κ2) is 7.17. The molecule has 10 heteroatoms. The van der Waals surface area contributed by atoms with Crippen molar-refractivity contribution < 1.29 is 29.3 Å². The molecule has 128 valence electrons. The van der Waals surface area contributed by atoms with Gasteiger partial charge >= 0.3 is 5.97 Å². The molecule has 0 spiro atoms. The monoisotopic (exact) mass is 345 g/mol. The molecule has 0 aliphatic heterocycles. The minimum absolute atomic E-state index is 0.145. The van der Waals surface area contributed by atoms with Gasteiger partial charge in [-0.25, -0.2) is 4.79 Å². The summed E-state index contributed by atoms with van der Waals surface area (Å²) in [7, 11) is 0. The Morgan fingerprint density at radius 2 is 1.60 bits per heavy atom. The van der Waals surface area contributed by atoms with E-state index < -0.39 is 38.6 Å². The number of hydrogen-bond donors (Lipinski definition) is 0. The first-order valence-corrected chi connectivity index (χ1v) is 6.70. The van der Waals surface area contributed by atoms with E-state index in [2.05, 4.69) is 0 Å². The fourth-order valence-electron chi connectivity index (χ4n) is 2.02. The van der Waals surface area contributed by atoms with Crippen LogP contribution in [0.3, 0.4) is 0 Å². The summed E-state index contributed by atoms with van der Waals surface area (Å²) in [6.07, 6.45) is 0. The van der Waals surface area contributed by atoms with Crippen molar-refractivity contribution >= 4 is 23.3 Å². The molecule has 0 saturated carbocycles. The number of nitrogens with zero attached hydrogens (tertiary/aromatic N) is 2. The van der Waals surface area contributed by atoms with Gasteiger partial charge < -0.3 is 14.6 Å². The minimum atomic E-state index is -1.88. The highest BCUT2D eigenvalue weighted by Gasteiger charge is 2.23. The van der Waals surface area contributed by atoms with Gasteiger partial charge in [0.05, 0.1) is 26.9 Å². The molecule has 0 heterocycles. The van der Waals surface area contributed by atoms with Crippen LogP contribution in [0.5, 0.6) is 0 Å². The van der Waals surface area contributed by atoms with Crippen LogP contribution in [0.25, 0.3) is 0 Å². The molecular formula is C15H9N2O8-. The summed E-state index contributed by atoms with van der Waals surface area (Å²) in [5.74, 6) is -2.98. The third-order valence-corrected chi connectivity index (χ3v) is 3.18.